The minimum absolute atomic E-state index is 0.236. The second kappa shape index (κ2) is 6.64. The van der Waals surface area contributed by atoms with Gasteiger partial charge in [0.05, 0.1) is 11.7 Å². The van der Waals surface area contributed by atoms with Crippen molar-refractivity contribution in [2.75, 3.05) is 0 Å². The topological polar surface area (TPSA) is 66.8 Å². The molecule has 0 aliphatic heterocycles. The van der Waals surface area contributed by atoms with E-state index in [0.717, 1.165) is 32.1 Å². The average Bonchev–Trinajstić information content (AvgIpc) is 2.30. The Morgan fingerprint density at radius 1 is 1.35 bits per heavy atom. The van der Waals surface area contributed by atoms with Gasteiger partial charge in [-0.3, -0.25) is 0 Å². The molecule has 0 aromatic carbocycles. The largest absolute Gasteiger partial charge is 0.492 e. The smallest absolute Gasteiger partial charge is 0.334 e. The van der Waals surface area contributed by atoms with Crippen LogP contribution in [-0.4, -0.2) is 28.4 Å². The second-order valence-corrected chi connectivity index (χ2v) is 4.61. The van der Waals surface area contributed by atoms with Gasteiger partial charge in [-0.15, -0.1) is 0 Å². The molecular weight excluding hydrogens is 220 g/mol. The van der Waals surface area contributed by atoms with E-state index < -0.39 is 12.1 Å². The summed E-state index contributed by atoms with van der Waals surface area (Å²) < 4.78 is 5.72. The molecule has 0 spiro atoms. The fourth-order valence-corrected chi connectivity index (χ4v) is 2.08. The molecule has 98 valence electrons. The van der Waals surface area contributed by atoms with Crippen LogP contribution in [0.3, 0.4) is 0 Å². The molecule has 2 atom stereocenters. The first kappa shape index (κ1) is 14.0. The molecule has 1 saturated carbocycles. The summed E-state index contributed by atoms with van der Waals surface area (Å²) in [6.45, 7) is 3.54. The minimum Gasteiger partial charge on any atom is -0.492 e. The van der Waals surface area contributed by atoms with Crippen LogP contribution in [0.15, 0.2) is 11.3 Å². The number of hydrogen-bond donors (Lipinski definition) is 2. The zero-order valence-electron chi connectivity index (χ0n) is 10.6. The van der Waals surface area contributed by atoms with Crippen LogP contribution in [0.4, 0.5) is 0 Å². The summed E-state index contributed by atoms with van der Waals surface area (Å²) in [5.74, 6) is -0.426. The molecule has 0 aromatic heterocycles. The summed E-state index contributed by atoms with van der Waals surface area (Å²) in [5.41, 5.74) is 0.254. The predicted molar refractivity (Wildman–Crippen MR) is 64.6 cm³/mol. The number of hydrogen-bond acceptors (Lipinski definition) is 3. The lowest BCUT2D eigenvalue weighted by molar-refractivity contribution is -0.133. The Morgan fingerprint density at radius 3 is 2.53 bits per heavy atom. The van der Waals surface area contributed by atoms with Crippen molar-refractivity contribution < 1.29 is 19.7 Å². The van der Waals surface area contributed by atoms with Gasteiger partial charge in [0.25, 0.3) is 0 Å². The van der Waals surface area contributed by atoms with E-state index in [4.69, 9.17) is 9.84 Å². The first-order valence-corrected chi connectivity index (χ1v) is 6.34. The Hall–Kier alpha value is -1.03. The van der Waals surface area contributed by atoms with Crippen molar-refractivity contribution in [3.8, 4) is 0 Å². The van der Waals surface area contributed by atoms with E-state index in [1.807, 2.05) is 6.92 Å². The van der Waals surface area contributed by atoms with Gasteiger partial charge < -0.3 is 14.9 Å². The molecule has 1 fully saturated rings. The molecule has 17 heavy (non-hydrogen) atoms. The van der Waals surface area contributed by atoms with E-state index in [1.165, 1.54) is 0 Å². The Kier molecular flexibility index (Phi) is 5.48. The molecule has 2 unspecified atom stereocenters. The van der Waals surface area contributed by atoms with Crippen molar-refractivity contribution in [3.63, 3.8) is 0 Å². The highest BCUT2D eigenvalue weighted by molar-refractivity contribution is 5.86. The van der Waals surface area contributed by atoms with Gasteiger partial charge in [0.2, 0.25) is 0 Å². The maximum Gasteiger partial charge on any atom is 0.334 e. The quantitative estimate of drug-likeness (QED) is 0.574. The molecule has 0 amide bonds. The van der Waals surface area contributed by atoms with Crippen LogP contribution in [0.25, 0.3) is 0 Å². The summed E-state index contributed by atoms with van der Waals surface area (Å²) >= 11 is 0. The van der Waals surface area contributed by atoms with Crippen molar-refractivity contribution in [1.82, 2.24) is 0 Å². The maximum atomic E-state index is 10.9. The number of rotatable bonds is 5. The predicted octanol–water partition coefficient (Wildman–Crippen LogP) is 2.47. The Morgan fingerprint density at radius 2 is 2.00 bits per heavy atom. The van der Waals surface area contributed by atoms with Crippen molar-refractivity contribution in [2.45, 2.75) is 64.6 Å². The second-order valence-electron chi connectivity index (χ2n) is 4.61. The number of carbonyl (C=O) groups is 1. The van der Waals surface area contributed by atoms with Crippen LogP contribution in [0.1, 0.15) is 52.4 Å². The van der Waals surface area contributed by atoms with Gasteiger partial charge >= 0.3 is 5.97 Å². The maximum absolute atomic E-state index is 10.9. The van der Waals surface area contributed by atoms with E-state index >= 15 is 0 Å². The lowest BCUT2D eigenvalue weighted by Gasteiger charge is -2.29. The van der Waals surface area contributed by atoms with Crippen molar-refractivity contribution in [2.24, 2.45) is 0 Å². The molecule has 0 radical (unpaired) electrons. The Labute approximate surface area is 102 Å². The molecule has 1 aliphatic carbocycles. The number of carboxylic acids is 1. The van der Waals surface area contributed by atoms with E-state index in [2.05, 4.69) is 0 Å². The highest BCUT2D eigenvalue weighted by atomic mass is 16.5. The standard InChI is InChI=1S/C13H22O4/c1-3-6-11(9(2)13(15)16)17-12-8-5-4-7-10(12)14/h10,12,14H,3-8H2,1-2H3,(H,15,16). The van der Waals surface area contributed by atoms with Gasteiger partial charge in [-0.05, 0) is 32.6 Å². The molecule has 0 aromatic rings. The van der Waals surface area contributed by atoms with Crippen molar-refractivity contribution >= 4 is 5.97 Å². The summed E-state index contributed by atoms with van der Waals surface area (Å²) in [7, 11) is 0. The highest BCUT2D eigenvalue weighted by Gasteiger charge is 2.26. The van der Waals surface area contributed by atoms with Gasteiger partial charge in [-0.2, -0.15) is 0 Å². The molecular formula is C13H22O4. The number of carboxylic acid groups (broad SMARTS) is 1. The van der Waals surface area contributed by atoms with Gasteiger partial charge in [-0.25, -0.2) is 4.79 Å². The van der Waals surface area contributed by atoms with E-state index in [9.17, 15) is 9.90 Å². The van der Waals surface area contributed by atoms with Gasteiger partial charge in [0.15, 0.2) is 0 Å². The average molecular weight is 242 g/mol. The van der Waals surface area contributed by atoms with Crippen LogP contribution < -0.4 is 0 Å². The minimum atomic E-state index is -0.946. The molecule has 2 N–H and O–H groups in total. The van der Waals surface area contributed by atoms with Crippen molar-refractivity contribution in [3.05, 3.63) is 11.3 Å². The third-order valence-electron chi connectivity index (χ3n) is 3.18. The monoisotopic (exact) mass is 242 g/mol. The van der Waals surface area contributed by atoms with E-state index in [-0.39, 0.29) is 11.7 Å². The number of ether oxygens (including phenoxy) is 1. The summed E-state index contributed by atoms with van der Waals surface area (Å²) in [5, 5.41) is 18.8. The molecule has 0 bridgehead atoms. The normalized spacial score (nSPS) is 26.3. The zero-order valence-corrected chi connectivity index (χ0v) is 10.6. The number of aliphatic carboxylic acids is 1. The van der Waals surface area contributed by atoms with Crippen LogP contribution in [-0.2, 0) is 9.53 Å². The molecule has 1 rings (SSSR count). The number of allylic oxidation sites excluding steroid dienone is 1. The highest BCUT2D eigenvalue weighted by Crippen LogP contribution is 2.25. The van der Waals surface area contributed by atoms with Crippen molar-refractivity contribution in [1.29, 1.82) is 0 Å². The Bertz CT molecular complexity index is 296. The molecule has 0 heterocycles. The molecule has 4 heteroatoms. The van der Waals surface area contributed by atoms with E-state index in [0.29, 0.717) is 12.2 Å². The van der Waals surface area contributed by atoms with Crippen LogP contribution >= 0.6 is 0 Å². The van der Waals surface area contributed by atoms with E-state index in [1.54, 1.807) is 6.92 Å². The van der Waals surface area contributed by atoms with Gasteiger partial charge in [0, 0.05) is 6.42 Å². The van der Waals surface area contributed by atoms with Crippen LogP contribution in [0.2, 0.25) is 0 Å². The van der Waals surface area contributed by atoms with Gasteiger partial charge in [-0.1, -0.05) is 13.3 Å². The van der Waals surface area contributed by atoms with Gasteiger partial charge in [0.1, 0.15) is 11.9 Å². The molecule has 1 aliphatic rings. The molecule has 0 saturated heterocycles. The Balaban J connectivity index is 2.72. The van der Waals surface area contributed by atoms with Crippen LogP contribution in [0, 0.1) is 0 Å². The fourth-order valence-electron chi connectivity index (χ4n) is 2.08. The third-order valence-corrected chi connectivity index (χ3v) is 3.18. The summed E-state index contributed by atoms with van der Waals surface area (Å²) in [4.78, 5) is 10.9. The number of aliphatic hydroxyl groups is 1. The first-order valence-electron chi connectivity index (χ1n) is 6.34. The lowest BCUT2D eigenvalue weighted by Crippen LogP contribution is -2.32. The summed E-state index contributed by atoms with van der Waals surface area (Å²) in [6.07, 6.45) is 4.36. The lowest BCUT2D eigenvalue weighted by atomic mass is 9.94. The number of aliphatic hydroxyl groups excluding tert-OH is 1. The van der Waals surface area contributed by atoms with Crippen LogP contribution in [0.5, 0.6) is 0 Å². The fraction of sp³-hybridized carbons (Fsp3) is 0.769. The molecule has 4 nitrogen and oxygen atoms in total. The third kappa shape index (κ3) is 4.04. The zero-order chi connectivity index (χ0) is 12.8. The SMILES string of the molecule is CCCC(OC1CCCCC1O)=C(C)C(=O)O. The first-order chi connectivity index (χ1) is 8.06. The summed E-state index contributed by atoms with van der Waals surface area (Å²) in [6, 6.07) is 0.